The second-order valence-corrected chi connectivity index (χ2v) is 11.3. The highest BCUT2D eigenvalue weighted by Crippen LogP contribution is 2.28. The van der Waals surface area contributed by atoms with E-state index < -0.39 is 5.97 Å². The summed E-state index contributed by atoms with van der Waals surface area (Å²) in [6, 6.07) is 15.5. The SMILES string of the molecule is CC(=O)c1cc2ccc(Br)cc2[nH]1.NC1=CCN=C1.NC1CCOC1.O=C(O)c1cc2ccc(Br)cc2s1. The van der Waals surface area contributed by atoms with Gasteiger partial charge in [-0.1, -0.05) is 44.0 Å². The van der Waals surface area contributed by atoms with Crippen LogP contribution in [-0.2, 0) is 4.74 Å². The van der Waals surface area contributed by atoms with Crippen molar-refractivity contribution in [1.82, 2.24) is 4.98 Å². The Morgan fingerprint density at radius 1 is 1.11 bits per heavy atom. The Kier molecular flexibility index (Phi) is 11.2. The molecule has 0 radical (unpaired) electrons. The summed E-state index contributed by atoms with van der Waals surface area (Å²) in [6.45, 7) is 3.95. The van der Waals surface area contributed by atoms with Crippen LogP contribution in [0.3, 0.4) is 0 Å². The van der Waals surface area contributed by atoms with E-state index in [1.165, 1.54) is 11.3 Å². The van der Waals surface area contributed by atoms with E-state index in [0.717, 1.165) is 61.8 Å². The van der Waals surface area contributed by atoms with Crippen molar-refractivity contribution in [1.29, 1.82) is 0 Å². The third kappa shape index (κ3) is 9.17. The lowest BCUT2D eigenvalue weighted by Crippen LogP contribution is -2.18. The molecular weight excluding hydrogens is 636 g/mol. The number of hydrogen-bond donors (Lipinski definition) is 4. The number of halogens is 2. The molecule has 0 spiro atoms. The maximum atomic E-state index is 11.1. The molecule has 6 rings (SSSR count). The fraction of sp³-hybridized carbons (Fsp3) is 0.222. The quantitative estimate of drug-likeness (QED) is 0.190. The molecule has 38 heavy (non-hydrogen) atoms. The number of carboxylic acid groups (broad SMARTS) is 1. The van der Waals surface area contributed by atoms with Gasteiger partial charge in [-0.15, -0.1) is 11.3 Å². The smallest absolute Gasteiger partial charge is 0.345 e. The monoisotopic (exact) mass is 662 g/mol. The van der Waals surface area contributed by atoms with Crippen molar-refractivity contribution in [2.75, 3.05) is 19.8 Å². The van der Waals surface area contributed by atoms with Crippen LogP contribution < -0.4 is 11.5 Å². The molecule has 0 saturated carbocycles. The fourth-order valence-corrected chi connectivity index (χ4v) is 5.14. The number of nitrogens with two attached hydrogens (primary N) is 2. The summed E-state index contributed by atoms with van der Waals surface area (Å²) in [4.78, 5) is 29.0. The first-order valence-corrected chi connectivity index (χ1v) is 14.0. The number of thiophene rings is 1. The summed E-state index contributed by atoms with van der Waals surface area (Å²) >= 11 is 8.00. The van der Waals surface area contributed by atoms with E-state index in [4.69, 9.17) is 21.3 Å². The maximum absolute atomic E-state index is 11.1. The lowest BCUT2D eigenvalue weighted by atomic mass is 10.2. The summed E-state index contributed by atoms with van der Waals surface area (Å²) in [7, 11) is 0. The number of nitrogens with zero attached hydrogens (tertiary/aromatic N) is 1. The average molecular weight is 664 g/mol. The Balaban J connectivity index is 0.000000149. The van der Waals surface area contributed by atoms with Crippen LogP contribution >= 0.6 is 43.2 Å². The Morgan fingerprint density at radius 2 is 1.82 bits per heavy atom. The number of H-pyrrole nitrogens is 1. The number of aliphatic imine (C=N–C) groups is 1. The lowest BCUT2D eigenvalue weighted by molar-refractivity contribution is 0.0702. The highest BCUT2D eigenvalue weighted by molar-refractivity contribution is 9.10. The van der Waals surface area contributed by atoms with Crippen LogP contribution in [-0.4, -0.2) is 53.9 Å². The Bertz CT molecular complexity index is 1380. The molecule has 4 aromatic rings. The topological polar surface area (TPSA) is 144 Å². The molecule has 0 bridgehead atoms. The zero-order valence-corrected chi connectivity index (χ0v) is 24.6. The second kappa shape index (κ2) is 14.4. The number of carbonyl (C=O) groups is 2. The number of allylic oxidation sites excluding steroid dienone is 1. The van der Waals surface area contributed by atoms with Crippen molar-refractivity contribution in [3.05, 3.63) is 79.8 Å². The third-order valence-electron chi connectivity index (χ3n) is 5.29. The molecule has 2 aliphatic rings. The Morgan fingerprint density at radius 3 is 2.32 bits per heavy atom. The molecule has 11 heteroatoms. The van der Waals surface area contributed by atoms with Crippen molar-refractivity contribution >= 4 is 82.2 Å². The van der Waals surface area contributed by atoms with E-state index in [0.29, 0.717) is 16.6 Å². The molecule has 1 atom stereocenters. The number of Topliss-reactive ketones (excluding diaryl/α,β-unsaturated/α-hetero) is 1. The molecule has 0 amide bonds. The number of ketones is 1. The normalized spacial score (nSPS) is 15.6. The predicted octanol–water partition coefficient (Wildman–Crippen LogP) is 6.14. The summed E-state index contributed by atoms with van der Waals surface area (Å²) in [5.41, 5.74) is 13.1. The number of ether oxygens (including phenoxy) is 1. The van der Waals surface area contributed by atoms with E-state index in [1.54, 1.807) is 19.2 Å². The number of carboxylic acids is 1. The van der Waals surface area contributed by atoms with E-state index in [1.807, 2.05) is 48.5 Å². The van der Waals surface area contributed by atoms with Gasteiger partial charge < -0.3 is 26.3 Å². The van der Waals surface area contributed by atoms with Gasteiger partial charge in [0.25, 0.3) is 0 Å². The van der Waals surface area contributed by atoms with Crippen molar-refractivity contribution < 1.29 is 19.4 Å². The van der Waals surface area contributed by atoms with Gasteiger partial charge >= 0.3 is 5.97 Å². The lowest BCUT2D eigenvalue weighted by Gasteiger charge is -1.90. The van der Waals surface area contributed by atoms with Gasteiger partial charge in [0, 0.05) is 56.0 Å². The number of benzene rings is 2. The van der Waals surface area contributed by atoms with Crippen molar-refractivity contribution in [2.45, 2.75) is 19.4 Å². The number of hydrogen-bond acceptors (Lipinski definition) is 7. The zero-order valence-electron chi connectivity index (χ0n) is 20.6. The van der Waals surface area contributed by atoms with E-state index >= 15 is 0 Å². The largest absolute Gasteiger partial charge is 0.477 e. The van der Waals surface area contributed by atoms with Crippen LogP contribution in [0.5, 0.6) is 0 Å². The van der Waals surface area contributed by atoms with Crippen LogP contribution in [0.2, 0.25) is 0 Å². The average Bonchev–Trinajstić information content (AvgIpc) is 3.67. The van der Waals surface area contributed by atoms with Gasteiger partial charge in [0.05, 0.1) is 18.8 Å². The van der Waals surface area contributed by atoms with E-state index in [9.17, 15) is 9.59 Å². The summed E-state index contributed by atoms with van der Waals surface area (Å²) in [5, 5.41) is 10.8. The van der Waals surface area contributed by atoms with Crippen LogP contribution in [0.1, 0.15) is 33.5 Å². The number of aromatic amines is 1. The second-order valence-electron chi connectivity index (χ2n) is 8.39. The van der Waals surface area contributed by atoms with Gasteiger partial charge in [-0.25, -0.2) is 4.79 Å². The molecule has 1 saturated heterocycles. The molecule has 6 N–H and O–H groups in total. The number of nitrogens with one attached hydrogen (secondary N) is 1. The summed E-state index contributed by atoms with van der Waals surface area (Å²) in [6.07, 6.45) is 4.58. The van der Waals surface area contributed by atoms with Crippen LogP contribution in [0.4, 0.5) is 0 Å². The number of aromatic nitrogens is 1. The number of fused-ring (bicyclic) bond motifs is 2. The number of carbonyl (C=O) groups excluding carboxylic acids is 1. The molecule has 2 aromatic heterocycles. The first kappa shape index (κ1) is 29.7. The summed E-state index contributed by atoms with van der Waals surface area (Å²) < 4.78 is 7.91. The molecule has 8 nitrogen and oxygen atoms in total. The summed E-state index contributed by atoms with van der Waals surface area (Å²) in [5.74, 6) is -0.801. The first-order chi connectivity index (χ1) is 18.1. The maximum Gasteiger partial charge on any atom is 0.345 e. The third-order valence-corrected chi connectivity index (χ3v) is 7.37. The Labute approximate surface area is 241 Å². The van der Waals surface area contributed by atoms with Gasteiger partial charge in [-0.3, -0.25) is 9.79 Å². The number of aromatic carboxylic acids is 1. The molecule has 0 aliphatic carbocycles. The van der Waals surface area contributed by atoms with Crippen molar-refractivity contribution in [2.24, 2.45) is 16.5 Å². The highest BCUT2D eigenvalue weighted by Gasteiger charge is 2.09. The van der Waals surface area contributed by atoms with Gasteiger partial charge in [-0.05, 0) is 54.3 Å². The highest BCUT2D eigenvalue weighted by atomic mass is 79.9. The first-order valence-electron chi connectivity index (χ1n) is 11.6. The van der Waals surface area contributed by atoms with E-state index in [-0.39, 0.29) is 5.78 Å². The van der Waals surface area contributed by atoms with Gasteiger partial charge in [0.2, 0.25) is 0 Å². The minimum atomic E-state index is -0.864. The van der Waals surface area contributed by atoms with Crippen LogP contribution in [0, 0.1) is 0 Å². The van der Waals surface area contributed by atoms with Crippen LogP contribution in [0.15, 0.2) is 74.2 Å². The van der Waals surface area contributed by atoms with Gasteiger partial charge in [-0.2, -0.15) is 0 Å². The van der Waals surface area contributed by atoms with Crippen molar-refractivity contribution in [3.8, 4) is 0 Å². The molecular formula is C27H28Br2N4O4S. The molecule has 1 fully saturated rings. The zero-order chi connectivity index (χ0) is 27.7. The minimum absolute atomic E-state index is 0.0623. The van der Waals surface area contributed by atoms with E-state index in [2.05, 4.69) is 41.8 Å². The molecule has 2 aromatic carbocycles. The Hall–Kier alpha value is -2.83. The predicted molar refractivity (Wildman–Crippen MR) is 162 cm³/mol. The standard InChI is InChI=1S/C10H8BrNO.C9H5BrO2S.C4H6N2.C4H9NO/c1-6(13)9-4-7-2-3-8(11)5-10(7)12-9;10-6-2-1-5-3-8(9(11)12)13-7(5)4-6;2*5-4-1-2-6-3-4/h2-5,12H,1H3;1-4H,(H,11,12);1,3H,2,5H2;4H,1-3,5H2. The fourth-order valence-electron chi connectivity index (χ4n) is 3.32. The van der Waals surface area contributed by atoms with Crippen molar-refractivity contribution in [3.63, 3.8) is 0 Å². The minimum Gasteiger partial charge on any atom is -0.477 e. The van der Waals surface area contributed by atoms with Gasteiger partial charge in [0.15, 0.2) is 5.78 Å². The van der Waals surface area contributed by atoms with Gasteiger partial charge in [0.1, 0.15) is 4.88 Å². The molecule has 4 heterocycles. The molecule has 200 valence electrons. The molecule has 2 aliphatic heterocycles. The number of rotatable bonds is 2. The van der Waals surface area contributed by atoms with Crippen LogP contribution in [0.25, 0.3) is 21.0 Å². The molecule has 1 unspecified atom stereocenters.